The Morgan fingerprint density at radius 1 is 1.24 bits per heavy atom. The Morgan fingerprint density at radius 3 is 2.33 bits per heavy atom. The number of carbonyl (C=O) groups excluding carboxylic acids is 1. The normalized spacial score (nSPS) is 11.3. The zero-order chi connectivity index (χ0) is 15.1. The molecule has 1 amide bonds. The van der Waals surface area contributed by atoms with Crippen molar-refractivity contribution in [2.75, 3.05) is 39.4 Å². The van der Waals surface area contributed by atoms with Crippen LogP contribution in [0.2, 0.25) is 0 Å². The number of hydrogen-bond donors (Lipinski definition) is 1. The summed E-state index contributed by atoms with van der Waals surface area (Å²) in [6, 6.07) is 4.70. The average Bonchev–Trinajstić information content (AvgIpc) is 2.46. The molecule has 1 atom stereocenters. The summed E-state index contributed by atoms with van der Waals surface area (Å²) in [4.78, 5) is 13.8. The molecule has 0 radical (unpaired) electrons. The Balaban J connectivity index is 0.00000400. The molecule has 1 aromatic rings. The number of ether oxygens (including phenoxy) is 3. The van der Waals surface area contributed by atoms with Gasteiger partial charge in [0.2, 0.25) is 5.91 Å². The summed E-state index contributed by atoms with van der Waals surface area (Å²) in [7, 11) is 4.70. The van der Waals surface area contributed by atoms with Crippen LogP contribution in [0.1, 0.15) is 6.92 Å². The summed E-state index contributed by atoms with van der Waals surface area (Å²) >= 11 is 0. The fourth-order valence-corrected chi connectivity index (χ4v) is 1.79. The third-order valence-corrected chi connectivity index (χ3v) is 2.85. The molecule has 1 rings (SSSR count). The number of carbonyl (C=O) groups is 1. The summed E-state index contributed by atoms with van der Waals surface area (Å²) < 4.78 is 15.5. The van der Waals surface area contributed by atoms with E-state index in [1.807, 2.05) is 0 Å². The minimum atomic E-state index is -0.583. The lowest BCUT2D eigenvalue weighted by Crippen LogP contribution is -2.43. The summed E-state index contributed by atoms with van der Waals surface area (Å²) in [6.45, 7) is 2.50. The molecular weight excluding hydrogens is 296 g/mol. The summed E-state index contributed by atoms with van der Waals surface area (Å²) in [6.07, 6.45) is 0. The van der Waals surface area contributed by atoms with Crippen molar-refractivity contribution in [1.82, 2.24) is 0 Å². The van der Waals surface area contributed by atoms with Crippen molar-refractivity contribution >= 4 is 24.0 Å². The summed E-state index contributed by atoms with van der Waals surface area (Å²) in [5.74, 6) is 0.996. The number of methoxy groups -OCH3 is 3. The summed E-state index contributed by atoms with van der Waals surface area (Å²) in [5, 5.41) is 0. The van der Waals surface area contributed by atoms with E-state index in [1.54, 1.807) is 51.4 Å². The molecule has 0 aliphatic heterocycles. The van der Waals surface area contributed by atoms with Crippen LogP contribution < -0.4 is 20.1 Å². The molecule has 7 heteroatoms. The highest BCUT2D eigenvalue weighted by Crippen LogP contribution is 2.31. The minimum Gasteiger partial charge on any atom is -0.493 e. The SMILES string of the molecule is COCCN(C(=O)[C@H](C)N)c1ccc(OC)c(OC)c1.Cl. The maximum absolute atomic E-state index is 12.2. The number of amides is 1. The quantitative estimate of drug-likeness (QED) is 0.823. The van der Waals surface area contributed by atoms with E-state index < -0.39 is 6.04 Å². The molecule has 0 fully saturated rings. The molecule has 120 valence electrons. The van der Waals surface area contributed by atoms with Crippen LogP contribution in [-0.4, -0.2) is 46.4 Å². The van der Waals surface area contributed by atoms with Gasteiger partial charge in [-0.25, -0.2) is 0 Å². The van der Waals surface area contributed by atoms with E-state index in [0.29, 0.717) is 30.3 Å². The molecule has 0 spiro atoms. The minimum absolute atomic E-state index is 0. The van der Waals surface area contributed by atoms with Crippen molar-refractivity contribution in [1.29, 1.82) is 0 Å². The van der Waals surface area contributed by atoms with Crippen molar-refractivity contribution in [3.8, 4) is 11.5 Å². The Hall–Kier alpha value is -1.50. The summed E-state index contributed by atoms with van der Waals surface area (Å²) in [5.41, 5.74) is 6.38. The van der Waals surface area contributed by atoms with Gasteiger partial charge in [0.15, 0.2) is 11.5 Å². The van der Waals surface area contributed by atoms with E-state index in [1.165, 1.54) is 0 Å². The Bertz CT molecular complexity index is 455. The third kappa shape index (κ3) is 5.08. The molecule has 0 bridgehead atoms. The molecule has 0 aliphatic carbocycles. The molecule has 2 N–H and O–H groups in total. The number of halogens is 1. The van der Waals surface area contributed by atoms with Crippen molar-refractivity contribution in [3.63, 3.8) is 0 Å². The van der Waals surface area contributed by atoms with Gasteiger partial charge in [-0.2, -0.15) is 0 Å². The molecule has 0 saturated carbocycles. The second-order valence-electron chi connectivity index (χ2n) is 4.31. The number of hydrogen-bond acceptors (Lipinski definition) is 5. The molecule has 21 heavy (non-hydrogen) atoms. The topological polar surface area (TPSA) is 74.0 Å². The molecule has 0 aromatic heterocycles. The largest absolute Gasteiger partial charge is 0.493 e. The van der Waals surface area contributed by atoms with Gasteiger partial charge in [-0.15, -0.1) is 12.4 Å². The molecule has 1 aromatic carbocycles. The van der Waals surface area contributed by atoms with Gasteiger partial charge in [0.05, 0.1) is 26.9 Å². The molecule has 0 aliphatic rings. The van der Waals surface area contributed by atoms with Gasteiger partial charge >= 0.3 is 0 Å². The van der Waals surface area contributed by atoms with E-state index >= 15 is 0 Å². The van der Waals surface area contributed by atoms with Crippen LogP contribution in [0, 0.1) is 0 Å². The van der Waals surface area contributed by atoms with Crippen molar-refractivity contribution in [2.24, 2.45) is 5.73 Å². The van der Waals surface area contributed by atoms with Crippen LogP contribution in [0.5, 0.6) is 11.5 Å². The first-order chi connectivity index (χ1) is 9.54. The smallest absolute Gasteiger partial charge is 0.243 e. The Labute approximate surface area is 131 Å². The molecular formula is C14H23ClN2O4. The van der Waals surface area contributed by atoms with Crippen LogP contribution in [0.3, 0.4) is 0 Å². The standard InChI is InChI=1S/C14H22N2O4.ClH/c1-10(15)14(17)16(7-8-18-2)11-5-6-12(19-3)13(9-11)20-4;/h5-6,9-10H,7-8,15H2,1-4H3;1H/t10-;/m0./s1. The highest BCUT2D eigenvalue weighted by atomic mass is 35.5. The van der Waals surface area contributed by atoms with Crippen LogP contribution in [-0.2, 0) is 9.53 Å². The van der Waals surface area contributed by atoms with E-state index in [-0.39, 0.29) is 18.3 Å². The molecule has 6 nitrogen and oxygen atoms in total. The lowest BCUT2D eigenvalue weighted by molar-refractivity contribution is -0.119. The van der Waals surface area contributed by atoms with Crippen LogP contribution in [0.15, 0.2) is 18.2 Å². The van der Waals surface area contributed by atoms with E-state index in [2.05, 4.69) is 0 Å². The predicted octanol–water partition coefficient (Wildman–Crippen LogP) is 1.45. The van der Waals surface area contributed by atoms with Gasteiger partial charge in [-0.05, 0) is 19.1 Å². The highest BCUT2D eigenvalue weighted by Gasteiger charge is 2.20. The molecule has 0 heterocycles. The Kier molecular flexibility index (Phi) is 8.76. The fourth-order valence-electron chi connectivity index (χ4n) is 1.79. The van der Waals surface area contributed by atoms with Crippen LogP contribution in [0.25, 0.3) is 0 Å². The number of nitrogens with zero attached hydrogens (tertiary/aromatic N) is 1. The van der Waals surface area contributed by atoms with Crippen molar-refractivity contribution in [3.05, 3.63) is 18.2 Å². The van der Waals surface area contributed by atoms with Crippen LogP contribution >= 0.6 is 12.4 Å². The van der Waals surface area contributed by atoms with E-state index in [0.717, 1.165) is 0 Å². The first-order valence-corrected chi connectivity index (χ1v) is 6.33. The maximum Gasteiger partial charge on any atom is 0.243 e. The molecule has 0 saturated heterocycles. The highest BCUT2D eigenvalue weighted by molar-refractivity contribution is 5.97. The van der Waals surface area contributed by atoms with Crippen molar-refractivity contribution < 1.29 is 19.0 Å². The van der Waals surface area contributed by atoms with Crippen LogP contribution in [0.4, 0.5) is 5.69 Å². The number of benzene rings is 1. The van der Waals surface area contributed by atoms with Gasteiger partial charge < -0.3 is 24.8 Å². The van der Waals surface area contributed by atoms with E-state index in [9.17, 15) is 4.79 Å². The zero-order valence-corrected chi connectivity index (χ0v) is 13.6. The number of rotatable bonds is 7. The second kappa shape index (κ2) is 9.44. The van der Waals surface area contributed by atoms with Gasteiger partial charge in [0, 0.05) is 25.4 Å². The zero-order valence-electron chi connectivity index (χ0n) is 12.8. The third-order valence-electron chi connectivity index (χ3n) is 2.85. The predicted molar refractivity (Wildman–Crippen MR) is 84.7 cm³/mol. The number of nitrogens with two attached hydrogens (primary N) is 1. The average molecular weight is 319 g/mol. The van der Waals surface area contributed by atoms with Gasteiger partial charge in [-0.1, -0.05) is 0 Å². The second-order valence-corrected chi connectivity index (χ2v) is 4.31. The number of anilines is 1. The first kappa shape index (κ1) is 19.5. The Morgan fingerprint density at radius 2 is 1.86 bits per heavy atom. The van der Waals surface area contributed by atoms with Gasteiger partial charge in [-0.3, -0.25) is 4.79 Å². The maximum atomic E-state index is 12.2. The van der Waals surface area contributed by atoms with E-state index in [4.69, 9.17) is 19.9 Å². The lowest BCUT2D eigenvalue weighted by atomic mass is 10.2. The monoisotopic (exact) mass is 318 g/mol. The fraction of sp³-hybridized carbons (Fsp3) is 0.500. The molecule has 0 unspecified atom stereocenters. The lowest BCUT2D eigenvalue weighted by Gasteiger charge is -2.25. The van der Waals surface area contributed by atoms with Crippen molar-refractivity contribution in [2.45, 2.75) is 13.0 Å². The first-order valence-electron chi connectivity index (χ1n) is 6.33. The van der Waals surface area contributed by atoms with Gasteiger partial charge in [0.1, 0.15) is 0 Å². The van der Waals surface area contributed by atoms with Gasteiger partial charge in [0.25, 0.3) is 0 Å².